The monoisotopic (exact) mass is 632 g/mol. The topological polar surface area (TPSA) is 116 Å². The van der Waals surface area contributed by atoms with Gasteiger partial charge in [-0.2, -0.15) is 0 Å². The smallest absolute Gasteiger partial charge is 0.253 e. The first-order valence-electron chi connectivity index (χ1n) is 16.7. The Balaban J connectivity index is 1.03. The van der Waals surface area contributed by atoms with E-state index in [0.29, 0.717) is 30.6 Å². The minimum Gasteiger partial charge on any atom is -0.352 e. The Hall–Kier alpha value is -4.79. The molecule has 2 saturated heterocycles. The SMILES string of the molecule is CC(=O)[C@H]1CCN(C(=O)c2ccc(C(=O)N3C[C@@H](C(=O)N[C@H]4C[C@@H]4c4ccccc4)[C@H](C(=O)N[C@H]4C[C@@H]4c4ccccc4)C3)cc2)C1. The summed E-state index contributed by atoms with van der Waals surface area (Å²) in [4.78, 5) is 69.2. The summed E-state index contributed by atoms with van der Waals surface area (Å²) in [5.74, 6) is -1.72. The van der Waals surface area contributed by atoms with Gasteiger partial charge >= 0.3 is 0 Å². The number of hydrogen-bond acceptors (Lipinski definition) is 5. The van der Waals surface area contributed by atoms with Gasteiger partial charge in [0.15, 0.2) is 0 Å². The number of ketones is 1. The van der Waals surface area contributed by atoms with Crippen molar-refractivity contribution < 1.29 is 24.0 Å². The highest BCUT2D eigenvalue weighted by Crippen LogP contribution is 2.42. The molecule has 3 aromatic carbocycles. The van der Waals surface area contributed by atoms with Gasteiger partial charge in [-0.05, 0) is 61.6 Å². The molecule has 9 nitrogen and oxygen atoms in total. The van der Waals surface area contributed by atoms with Crippen molar-refractivity contribution in [1.29, 1.82) is 0 Å². The summed E-state index contributed by atoms with van der Waals surface area (Å²) in [5, 5.41) is 6.34. The lowest BCUT2D eigenvalue weighted by molar-refractivity contribution is -0.133. The third-order valence-corrected chi connectivity index (χ3v) is 10.4. The van der Waals surface area contributed by atoms with Crippen LogP contribution >= 0.6 is 0 Å². The van der Waals surface area contributed by atoms with E-state index in [4.69, 9.17) is 0 Å². The quantitative estimate of drug-likeness (QED) is 0.373. The minimum atomic E-state index is -0.671. The number of likely N-dealkylation sites (tertiary alicyclic amines) is 2. The number of amides is 4. The van der Waals surface area contributed by atoms with Gasteiger partial charge in [0.25, 0.3) is 11.8 Å². The molecule has 0 unspecified atom stereocenters. The van der Waals surface area contributed by atoms with Crippen molar-refractivity contribution in [3.8, 4) is 0 Å². The number of rotatable bonds is 9. The minimum absolute atomic E-state index is 0.00988. The van der Waals surface area contributed by atoms with Crippen LogP contribution in [0.15, 0.2) is 84.9 Å². The Bertz CT molecular complexity index is 1600. The Morgan fingerprint density at radius 3 is 1.47 bits per heavy atom. The van der Waals surface area contributed by atoms with Crippen LogP contribution in [-0.4, -0.2) is 77.5 Å². The maximum absolute atomic E-state index is 13.7. The summed E-state index contributed by atoms with van der Waals surface area (Å²) in [6.45, 7) is 2.78. The summed E-state index contributed by atoms with van der Waals surface area (Å²) in [7, 11) is 0. The van der Waals surface area contributed by atoms with Gasteiger partial charge in [-0.15, -0.1) is 0 Å². The van der Waals surface area contributed by atoms with Crippen molar-refractivity contribution in [2.45, 2.75) is 50.1 Å². The standard InChI is InChI=1S/C38H40N4O5/c1-23(43)28-16-17-41(20-28)37(46)26-12-14-27(15-13-26)38(47)42-21-31(35(44)39-33-18-29(33)24-8-4-2-5-9-24)32(22-42)36(45)40-34-19-30(34)25-10-6-3-7-11-25/h2-15,28-34H,16-22H2,1H3,(H,39,44)(H,40,45)/t28-,29+,30+,31+,32+,33-,34-/m0/s1. The molecule has 4 fully saturated rings. The molecule has 0 bridgehead atoms. The summed E-state index contributed by atoms with van der Waals surface area (Å²) >= 11 is 0. The van der Waals surface area contributed by atoms with Crippen LogP contribution in [0.3, 0.4) is 0 Å². The van der Waals surface area contributed by atoms with Crippen LogP contribution in [0.5, 0.6) is 0 Å². The van der Waals surface area contributed by atoms with E-state index >= 15 is 0 Å². The Kier molecular flexibility index (Phi) is 8.39. The number of carbonyl (C=O) groups is 5. The highest BCUT2D eigenvalue weighted by molar-refractivity contribution is 5.99. The second-order valence-corrected chi connectivity index (χ2v) is 13.6. The molecule has 242 valence electrons. The molecule has 2 aliphatic heterocycles. The number of nitrogens with one attached hydrogen (secondary N) is 2. The molecule has 4 amide bonds. The maximum Gasteiger partial charge on any atom is 0.253 e. The number of Topliss-reactive ketones (excluding diaryl/α,β-unsaturated/α-hetero) is 1. The van der Waals surface area contributed by atoms with E-state index in [2.05, 4.69) is 34.9 Å². The molecule has 7 rings (SSSR count). The number of hydrogen-bond donors (Lipinski definition) is 2. The number of carbonyl (C=O) groups excluding carboxylic acids is 5. The van der Waals surface area contributed by atoms with Gasteiger partial charge in [-0.25, -0.2) is 0 Å². The summed E-state index contributed by atoms with van der Waals surface area (Å²) in [6, 6.07) is 26.7. The molecule has 2 saturated carbocycles. The summed E-state index contributed by atoms with van der Waals surface area (Å²) in [5.41, 5.74) is 3.21. The molecule has 2 aliphatic carbocycles. The van der Waals surface area contributed by atoms with Crippen LogP contribution < -0.4 is 10.6 Å². The molecular weight excluding hydrogens is 592 g/mol. The fraction of sp³-hybridized carbons (Fsp3) is 0.395. The number of nitrogens with zero attached hydrogens (tertiary/aromatic N) is 2. The van der Waals surface area contributed by atoms with Crippen LogP contribution in [-0.2, 0) is 14.4 Å². The molecule has 3 aromatic rings. The van der Waals surface area contributed by atoms with Crippen molar-refractivity contribution in [3.05, 3.63) is 107 Å². The van der Waals surface area contributed by atoms with Gasteiger partial charge in [-0.3, -0.25) is 24.0 Å². The molecule has 47 heavy (non-hydrogen) atoms. The lowest BCUT2D eigenvalue weighted by Crippen LogP contribution is -2.43. The van der Waals surface area contributed by atoms with Crippen molar-refractivity contribution >= 4 is 29.4 Å². The highest BCUT2D eigenvalue weighted by Gasteiger charge is 2.49. The van der Waals surface area contributed by atoms with Crippen LogP contribution in [0.1, 0.15) is 69.9 Å². The second-order valence-electron chi connectivity index (χ2n) is 13.6. The van der Waals surface area contributed by atoms with Crippen molar-refractivity contribution in [1.82, 2.24) is 20.4 Å². The molecular formula is C38H40N4O5. The van der Waals surface area contributed by atoms with E-state index in [1.165, 1.54) is 11.1 Å². The Morgan fingerprint density at radius 2 is 1.04 bits per heavy atom. The molecule has 0 aromatic heterocycles. The van der Waals surface area contributed by atoms with E-state index in [1.54, 1.807) is 41.0 Å². The van der Waals surface area contributed by atoms with Crippen LogP contribution in [0.25, 0.3) is 0 Å². The maximum atomic E-state index is 13.7. The molecule has 9 heteroatoms. The summed E-state index contributed by atoms with van der Waals surface area (Å²) < 4.78 is 0. The average molecular weight is 633 g/mol. The first-order chi connectivity index (χ1) is 22.8. The molecule has 7 atom stereocenters. The van der Waals surface area contributed by atoms with Crippen molar-refractivity contribution in [3.63, 3.8) is 0 Å². The van der Waals surface area contributed by atoms with Gasteiger partial charge < -0.3 is 20.4 Å². The lowest BCUT2D eigenvalue weighted by atomic mass is 9.94. The van der Waals surface area contributed by atoms with Crippen LogP contribution in [0.4, 0.5) is 0 Å². The van der Waals surface area contributed by atoms with Crippen molar-refractivity contribution in [2.24, 2.45) is 17.8 Å². The first kappa shape index (κ1) is 30.8. The van der Waals surface area contributed by atoms with E-state index in [1.807, 2.05) is 36.4 Å². The van der Waals surface area contributed by atoms with Crippen LogP contribution in [0.2, 0.25) is 0 Å². The predicted octanol–water partition coefficient (Wildman–Crippen LogP) is 3.77. The van der Waals surface area contributed by atoms with E-state index in [9.17, 15) is 24.0 Å². The fourth-order valence-electron chi connectivity index (χ4n) is 7.32. The van der Waals surface area contributed by atoms with Crippen LogP contribution in [0, 0.1) is 17.8 Å². The van der Waals surface area contributed by atoms with E-state index < -0.39 is 11.8 Å². The van der Waals surface area contributed by atoms with Gasteiger partial charge in [0.1, 0.15) is 5.78 Å². The largest absolute Gasteiger partial charge is 0.352 e. The highest BCUT2D eigenvalue weighted by atomic mass is 16.2. The van der Waals surface area contributed by atoms with Gasteiger partial charge in [0.05, 0.1) is 11.8 Å². The second kappa shape index (κ2) is 12.8. The Labute approximate surface area is 274 Å². The summed E-state index contributed by atoms with van der Waals surface area (Å²) in [6.07, 6.45) is 2.36. The van der Waals surface area contributed by atoms with Crippen molar-refractivity contribution in [2.75, 3.05) is 26.2 Å². The Morgan fingerprint density at radius 1 is 0.596 bits per heavy atom. The third-order valence-electron chi connectivity index (χ3n) is 10.4. The normalized spacial score (nSPS) is 27.6. The molecule has 4 aliphatic rings. The van der Waals surface area contributed by atoms with E-state index in [0.717, 1.165) is 12.8 Å². The van der Waals surface area contributed by atoms with Gasteiger partial charge in [0.2, 0.25) is 11.8 Å². The van der Waals surface area contributed by atoms with Gasteiger partial charge in [0, 0.05) is 67.1 Å². The average Bonchev–Trinajstić information content (AvgIpc) is 3.91. The predicted molar refractivity (Wildman–Crippen MR) is 175 cm³/mol. The third kappa shape index (κ3) is 6.57. The zero-order chi connectivity index (χ0) is 32.7. The molecule has 0 spiro atoms. The van der Waals surface area contributed by atoms with Gasteiger partial charge in [-0.1, -0.05) is 60.7 Å². The first-order valence-corrected chi connectivity index (χ1v) is 16.7. The fourth-order valence-corrected chi connectivity index (χ4v) is 7.32. The lowest BCUT2D eigenvalue weighted by Gasteiger charge is -2.18. The molecule has 2 heterocycles. The molecule has 0 radical (unpaired) electrons. The number of benzene rings is 3. The van der Waals surface area contributed by atoms with E-state index in [-0.39, 0.29) is 72.3 Å². The molecule has 2 N–H and O–H groups in total. The zero-order valence-electron chi connectivity index (χ0n) is 26.5. The zero-order valence-corrected chi connectivity index (χ0v) is 26.5.